The van der Waals surface area contributed by atoms with Crippen molar-refractivity contribution in [2.75, 3.05) is 6.54 Å². The normalized spacial score (nSPS) is 10.2. The van der Waals surface area contributed by atoms with Gasteiger partial charge in [-0.05, 0) is 56.8 Å². The Hall–Kier alpha value is -1.26. The molecule has 0 aliphatic carbocycles. The van der Waals surface area contributed by atoms with Gasteiger partial charge >= 0.3 is 0 Å². The summed E-state index contributed by atoms with van der Waals surface area (Å²) in [6.45, 7) is 8.55. The van der Waals surface area contributed by atoms with Crippen molar-refractivity contribution in [3.63, 3.8) is 0 Å². The molecule has 0 amide bonds. The van der Waals surface area contributed by atoms with Crippen LogP contribution in [0, 0.1) is 33.1 Å². The minimum Gasteiger partial charge on any atom is -0.313 e. The second-order valence-electron chi connectivity index (χ2n) is 4.72. The first kappa shape index (κ1) is 13.8. The third-order valence-corrected chi connectivity index (χ3v) is 3.07. The number of benzene rings is 1. The number of rotatable bonds is 6. The average molecular weight is 229 g/mol. The van der Waals surface area contributed by atoms with Gasteiger partial charge < -0.3 is 5.32 Å². The van der Waals surface area contributed by atoms with Gasteiger partial charge in [-0.3, -0.25) is 0 Å². The van der Waals surface area contributed by atoms with Gasteiger partial charge in [-0.25, -0.2) is 0 Å². The Kier molecular flexibility index (Phi) is 5.80. The van der Waals surface area contributed by atoms with E-state index in [9.17, 15) is 0 Å². The van der Waals surface area contributed by atoms with E-state index in [2.05, 4.69) is 44.1 Å². The maximum absolute atomic E-state index is 5.22. The molecule has 92 valence electrons. The molecule has 0 atom stereocenters. The van der Waals surface area contributed by atoms with Crippen molar-refractivity contribution >= 4 is 0 Å². The highest BCUT2D eigenvalue weighted by atomic mass is 14.8. The van der Waals surface area contributed by atoms with E-state index in [1.165, 1.54) is 22.3 Å². The van der Waals surface area contributed by atoms with Gasteiger partial charge in [0.2, 0.25) is 0 Å². The average Bonchev–Trinajstić information content (AvgIpc) is 2.26. The number of nitrogens with one attached hydrogen (secondary N) is 1. The van der Waals surface area contributed by atoms with Crippen LogP contribution in [0.4, 0.5) is 0 Å². The van der Waals surface area contributed by atoms with E-state index >= 15 is 0 Å². The van der Waals surface area contributed by atoms with Crippen molar-refractivity contribution in [3.05, 3.63) is 34.4 Å². The topological polar surface area (TPSA) is 12.0 Å². The fraction of sp³-hybridized carbons (Fsp3) is 0.500. The minimum atomic E-state index is 0.893. The van der Waals surface area contributed by atoms with Gasteiger partial charge in [0.25, 0.3) is 0 Å². The molecule has 0 aliphatic rings. The summed E-state index contributed by atoms with van der Waals surface area (Å²) in [5, 5.41) is 3.49. The number of hydrogen-bond donors (Lipinski definition) is 1. The highest BCUT2D eigenvalue weighted by Crippen LogP contribution is 2.15. The van der Waals surface area contributed by atoms with Crippen molar-refractivity contribution in [1.29, 1.82) is 0 Å². The van der Waals surface area contributed by atoms with Crippen LogP contribution >= 0.6 is 0 Å². The highest BCUT2D eigenvalue weighted by Gasteiger charge is 2.02. The van der Waals surface area contributed by atoms with Crippen LogP contribution in [0.1, 0.15) is 41.5 Å². The van der Waals surface area contributed by atoms with Crippen LogP contribution in [0.3, 0.4) is 0 Å². The summed E-state index contributed by atoms with van der Waals surface area (Å²) in [6.07, 6.45) is 8.39. The lowest BCUT2D eigenvalue weighted by Gasteiger charge is -2.12. The zero-order chi connectivity index (χ0) is 12.7. The summed E-state index contributed by atoms with van der Waals surface area (Å²) in [7, 11) is 0. The smallest absolute Gasteiger partial charge is 0.0210 e. The lowest BCUT2D eigenvalue weighted by Crippen LogP contribution is -2.16. The van der Waals surface area contributed by atoms with E-state index in [0.717, 1.165) is 32.4 Å². The van der Waals surface area contributed by atoms with Crippen molar-refractivity contribution in [1.82, 2.24) is 5.32 Å². The quantitative estimate of drug-likeness (QED) is 0.581. The molecule has 0 heterocycles. The van der Waals surface area contributed by atoms with Crippen molar-refractivity contribution in [2.45, 2.75) is 46.6 Å². The second-order valence-corrected chi connectivity index (χ2v) is 4.72. The Balaban J connectivity index is 2.39. The lowest BCUT2D eigenvalue weighted by atomic mass is 10.00. The Labute approximate surface area is 106 Å². The van der Waals surface area contributed by atoms with Gasteiger partial charge in [0.1, 0.15) is 0 Å². The van der Waals surface area contributed by atoms with Crippen molar-refractivity contribution < 1.29 is 0 Å². The third-order valence-electron chi connectivity index (χ3n) is 3.07. The van der Waals surface area contributed by atoms with Gasteiger partial charge in [0.05, 0.1) is 0 Å². The Morgan fingerprint density at radius 1 is 1.12 bits per heavy atom. The molecule has 1 rings (SSSR count). The van der Waals surface area contributed by atoms with E-state index in [-0.39, 0.29) is 0 Å². The fourth-order valence-corrected chi connectivity index (χ4v) is 2.18. The first-order valence-electron chi connectivity index (χ1n) is 6.36. The monoisotopic (exact) mass is 229 g/mol. The molecule has 1 N–H and O–H groups in total. The summed E-state index contributed by atoms with van der Waals surface area (Å²) in [5.41, 5.74) is 5.56. The molecule has 17 heavy (non-hydrogen) atoms. The van der Waals surface area contributed by atoms with Gasteiger partial charge in [-0.1, -0.05) is 17.7 Å². The molecular formula is C16H23N. The number of hydrogen-bond acceptors (Lipinski definition) is 1. The molecule has 0 radical (unpaired) electrons. The zero-order valence-electron chi connectivity index (χ0n) is 11.3. The summed E-state index contributed by atoms with van der Waals surface area (Å²) in [4.78, 5) is 0. The predicted octanol–water partition coefficient (Wildman–Crippen LogP) is 3.50. The van der Waals surface area contributed by atoms with Crippen LogP contribution in [-0.4, -0.2) is 6.54 Å². The molecule has 0 unspecified atom stereocenters. The third kappa shape index (κ3) is 4.63. The molecule has 0 spiro atoms. The highest BCUT2D eigenvalue weighted by molar-refractivity contribution is 5.37. The van der Waals surface area contributed by atoms with E-state index in [0.29, 0.717) is 0 Å². The molecule has 1 aromatic carbocycles. The van der Waals surface area contributed by atoms with E-state index in [1.807, 2.05) is 0 Å². The molecule has 1 aromatic rings. The number of terminal acetylenes is 1. The minimum absolute atomic E-state index is 0.893. The van der Waals surface area contributed by atoms with E-state index in [4.69, 9.17) is 6.42 Å². The number of aryl methyl sites for hydroxylation is 3. The molecule has 0 aromatic heterocycles. The summed E-state index contributed by atoms with van der Waals surface area (Å²) < 4.78 is 0. The number of unbranched alkanes of at least 4 members (excludes halogenated alkanes) is 2. The second kappa shape index (κ2) is 7.14. The SMILES string of the molecule is C#CCCCCNCc1c(C)cc(C)cc1C. The van der Waals surface area contributed by atoms with Crippen LogP contribution in [0.5, 0.6) is 0 Å². The zero-order valence-corrected chi connectivity index (χ0v) is 11.3. The van der Waals surface area contributed by atoms with Crippen molar-refractivity contribution in [3.8, 4) is 12.3 Å². The molecule has 0 fully saturated rings. The summed E-state index contributed by atoms with van der Waals surface area (Å²) in [5.74, 6) is 2.67. The lowest BCUT2D eigenvalue weighted by molar-refractivity contribution is 0.627. The Morgan fingerprint density at radius 2 is 1.76 bits per heavy atom. The Morgan fingerprint density at radius 3 is 2.35 bits per heavy atom. The Bertz CT molecular complexity index is 375. The maximum Gasteiger partial charge on any atom is 0.0210 e. The molecule has 0 bridgehead atoms. The standard InChI is InChI=1S/C16H23N/c1-5-6-7-8-9-17-12-16-14(3)10-13(2)11-15(16)4/h1,10-11,17H,6-9,12H2,2-4H3. The first-order chi connectivity index (χ1) is 8.15. The van der Waals surface area contributed by atoms with Crippen molar-refractivity contribution in [2.24, 2.45) is 0 Å². The molecule has 0 saturated carbocycles. The first-order valence-corrected chi connectivity index (χ1v) is 6.36. The van der Waals surface area contributed by atoms with Gasteiger partial charge in [0, 0.05) is 13.0 Å². The largest absolute Gasteiger partial charge is 0.313 e. The van der Waals surface area contributed by atoms with E-state index in [1.54, 1.807) is 0 Å². The van der Waals surface area contributed by atoms with Crippen LogP contribution in [-0.2, 0) is 6.54 Å². The molecule has 0 saturated heterocycles. The van der Waals surface area contributed by atoms with E-state index < -0.39 is 0 Å². The van der Waals surface area contributed by atoms with Crippen LogP contribution in [0.25, 0.3) is 0 Å². The molecule has 0 aliphatic heterocycles. The van der Waals surface area contributed by atoms with Gasteiger partial charge in [-0.15, -0.1) is 12.3 Å². The van der Waals surface area contributed by atoms with Crippen LogP contribution in [0.2, 0.25) is 0 Å². The fourth-order valence-electron chi connectivity index (χ4n) is 2.18. The molecule has 1 heteroatoms. The predicted molar refractivity (Wildman–Crippen MR) is 75.0 cm³/mol. The molecular weight excluding hydrogens is 206 g/mol. The maximum atomic E-state index is 5.22. The van der Waals surface area contributed by atoms with Crippen LogP contribution in [0.15, 0.2) is 12.1 Å². The summed E-state index contributed by atoms with van der Waals surface area (Å²) >= 11 is 0. The van der Waals surface area contributed by atoms with Crippen LogP contribution < -0.4 is 5.32 Å². The summed E-state index contributed by atoms with van der Waals surface area (Å²) in [6, 6.07) is 4.50. The van der Waals surface area contributed by atoms with Gasteiger partial charge in [-0.2, -0.15) is 0 Å². The molecule has 1 nitrogen and oxygen atoms in total. The van der Waals surface area contributed by atoms with Gasteiger partial charge in [0.15, 0.2) is 0 Å².